The molecule has 28 heavy (non-hydrogen) atoms. The third-order valence-electron chi connectivity index (χ3n) is 3.97. The maximum absolute atomic E-state index is 12.0. The Hall–Kier alpha value is -2.54. The standard InChI is InChI=1S/C21H28N2O4S/c1-3-15-28(25,26)23-19-12-10-18(11-13-19)22-21(24)9-4-5-14-27-20-8-6-7-17(2)16-20/h6-8,10-13,16,23H,3-5,9,14-15H2,1-2H3,(H,22,24). The van der Waals surface area contributed by atoms with Gasteiger partial charge in [-0.05, 0) is 68.1 Å². The molecule has 0 heterocycles. The van der Waals surface area contributed by atoms with E-state index < -0.39 is 10.0 Å². The van der Waals surface area contributed by atoms with Crippen LogP contribution in [0.1, 0.15) is 38.2 Å². The van der Waals surface area contributed by atoms with Crippen LogP contribution in [0.4, 0.5) is 11.4 Å². The minimum atomic E-state index is -3.31. The number of unbranched alkanes of at least 4 members (excludes halogenated alkanes) is 1. The first-order valence-corrected chi connectivity index (χ1v) is 11.1. The van der Waals surface area contributed by atoms with E-state index in [1.807, 2.05) is 38.1 Å². The van der Waals surface area contributed by atoms with Crippen LogP contribution in [0, 0.1) is 6.92 Å². The van der Waals surface area contributed by atoms with Crippen LogP contribution in [-0.2, 0) is 14.8 Å². The second-order valence-corrected chi connectivity index (χ2v) is 8.51. The molecule has 0 atom stereocenters. The zero-order valence-corrected chi connectivity index (χ0v) is 17.2. The van der Waals surface area contributed by atoms with Gasteiger partial charge in [-0.3, -0.25) is 9.52 Å². The van der Waals surface area contributed by atoms with E-state index >= 15 is 0 Å². The summed E-state index contributed by atoms with van der Waals surface area (Å²) in [6.45, 7) is 4.40. The van der Waals surface area contributed by atoms with Gasteiger partial charge in [-0.2, -0.15) is 0 Å². The average molecular weight is 405 g/mol. The predicted octanol–water partition coefficient (Wildman–Crippen LogP) is 4.33. The molecule has 2 N–H and O–H groups in total. The summed E-state index contributed by atoms with van der Waals surface area (Å²) in [5, 5.41) is 2.82. The van der Waals surface area contributed by atoms with Crippen LogP contribution in [0.15, 0.2) is 48.5 Å². The SMILES string of the molecule is CCCS(=O)(=O)Nc1ccc(NC(=O)CCCCOc2cccc(C)c2)cc1. The topological polar surface area (TPSA) is 84.5 Å². The molecule has 0 saturated carbocycles. The highest BCUT2D eigenvalue weighted by Gasteiger charge is 2.09. The molecule has 0 saturated heterocycles. The summed E-state index contributed by atoms with van der Waals surface area (Å²) in [5.41, 5.74) is 2.28. The van der Waals surface area contributed by atoms with Gasteiger partial charge in [0, 0.05) is 17.8 Å². The minimum absolute atomic E-state index is 0.0742. The molecule has 0 fully saturated rings. The van der Waals surface area contributed by atoms with E-state index in [0.717, 1.165) is 24.2 Å². The predicted molar refractivity (Wildman–Crippen MR) is 113 cm³/mol. The highest BCUT2D eigenvalue weighted by Crippen LogP contribution is 2.16. The maximum Gasteiger partial charge on any atom is 0.232 e. The van der Waals surface area contributed by atoms with Crippen molar-refractivity contribution in [2.75, 3.05) is 22.4 Å². The van der Waals surface area contributed by atoms with Crippen molar-refractivity contribution in [2.24, 2.45) is 0 Å². The lowest BCUT2D eigenvalue weighted by atomic mass is 10.2. The molecule has 0 spiro atoms. The lowest BCUT2D eigenvalue weighted by molar-refractivity contribution is -0.116. The van der Waals surface area contributed by atoms with Crippen LogP contribution < -0.4 is 14.8 Å². The van der Waals surface area contributed by atoms with Crippen LogP contribution in [0.5, 0.6) is 5.75 Å². The van der Waals surface area contributed by atoms with Crippen LogP contribution in [-0.4, -0.2) is 26.7 Å². The Kier molecular flexibility index (Phi) is 8.32. The van der Waals surface area contributed by atoms with Gasteiger partial charge in [0.2, 0.25) is 15.9 Å². The quantitative estimate of drug-likeness (QED) is 0.546. The average Bonchev–Trinajstić information content (AvgIpc) is 2.63. The number of nitrogens with one attached hydrogen (secondary N) is 2. The zero-order chi connectivity index (χ0) is 20.4. The number of carbonyl (C=O) groups excluding carboxylic acids is 1. The molecule has 152 valence electrons. The number of sulfonamides is 1. The lowest BCUT2D eigenvalue weighted by Crippen LogP contribution is -2.16. The summed E-state index contributed by atoms with van der Waals surface area (Å²) in [5.74, 6) is 0.855. The summed E-state index contributed by atoms with van der Waals surface area (Å²) in [4.78, 5) is 12.0. The molecule has 0 aliphatic heterocycles. The molecule has 2 aromatic rings. The van der Waals surface area contributed by atoms with Crippen molar-refractivity contribution in [3.63, 3.8) is 0 Å². The van der Waals surface area contributed by atoms with Gasteiger partial charge in [0.1, 0.15) is 5.75 Å². The van der Waals surface area contributed by atoms with Gasteiger partial charge in [-0.1, -0.05) is 19.1 Å². The summed E-state index contributed by atoms with van der Waals surface area (Å²) in [7, 11) is -3.31. The molecule has 0 bridgehead atoms. The van der Waals surface area contributed by atoms with Crippen LogP contribution in [0.2, 0.25) is 0 Å². The first kappa shape index (κ1) is 21.8. The number of amides is 1. The third-order valence-corrected chi connectivity index (χ3v) is 5.46. The van der Waals surface area contributed by atoms with E-state index in [9.17, 15) is 13.2 Å². The van der Waals surface area contributed by atoms with Gasteiger partial charge < -0.3 is 10.1 Å². The molecule has 1 amide bonds. The van der Waals surface area contributed by atoms with E-state index in [1.165, 1.54) is 0 Å². The smallest absolute Gasteiger partial charge is 0.232 e. The number of hydrogen-bond donors (Lipinski definition) is 2. The summed E-state index contributed by atoms with van der Waals surface area (Å²) in [6.07, 6.45) is 2.48. The molecular weight excluding hydrogens is 376 g/mol. The molecule has 2 rings (SSSR count). The van der Waals surface area contributed by atoms with E-state index in [4.69, 9.17) is 4.74 Å². The molecule has 0 aliphatic rings. The fourth-order valence-corrected chi connectivity index (χ4v) is 3.76. The second kappa shape index (κ2) is 10.7. The van der Waals surface area contributed by atoms with Crippen molar-refractivity contribution >= 4 is 27.3 Å². The molecule has 6 nitrogen and oxygen atoms in total. The van der Waals surface area contributed by atoms with Gasteiger partial charge in [-0.25, -0.2) is 8.42 Å². The van der Waals surface area contributed by atoms with Crippen molar-refractivity contribution in [3.8, 4) is 5.75 Å². The Labute approximate surface area is 167 Å². The molecule has 0 aromatic heterocycles. The molecule has 2 aromatic carbocycles. The van der Waals surface area contributed by atoms with Crippen LogP contribution >= 0.6 is 0 Å². The monoisotopic (exact) mass is 404 g/mol. The number of ether oxygens (including phenoxy) is 1. The van der Waals surface area contributed by atoms with Crippen molar-refractivity contribution in [1.82, 2.24) is 0 Å². The second-order valence-electron chi connectivity index (χ2n) is 6.67. The molecule has 7 heteroatoms. The number of benzene rings is 2. The van der Waals surface area contributed by atoms with Gasteiger partial charge in [0.15, 0.2) is 0 Å². The van der Waals surface area contributed by atoms with Crippen molar-refractivity contribution in [3.05, 3.63) is 54.1 Å². The summed E-state index contributed by atoms with van der Waals surface area (Å²) >= 11 is 0. The molecular formula is C21H28N2O4S. The Morgan fingerprint density at radius 2 is 1.75 bits per heavy atom. The maximum atomic E-state index is 12.0. The van der Waals surface area contributed by atoms with Gasteiger partial charge >= 0.3 is 0 Å². The lowest BCUT2D eigenvalue weighted by Gasteiger charge is -2.09. The Morgan fingerprint density at radius 1 is 1.04 bits per heavy atom. The largest absolute Gasteiger partial charge is 0.494 e. The van der Waals surface area contributed by atoms with E-state index in [1.54, 1.807) is 24.3 Å². The highest BCUT2D eigenvalue weighted by atomic mass is 32.2. The van der Waals surface area contributed by atoms with Crippen LogP contribution in [0.3, 0.4) is 0 Å². The zero-order valence-electron chi connectivity index (χ0n) is 16.4. The fourth-order valence-electron chi connectivity index (χ4n) is 2.63. The Bertz CT molecular complexity index is 864. The highest BCUT2D eigenvalue weighted by molar-refractivity contribution is 7.92. The third kappa shape index (κ3) is 8.00. The van der Waals surface area contributed by atoms with Crippen molar-refractivity contribution in [1.29, 1.82) is 0 Å². The van der Waals surface area contributed by atoms with Gasteiger partial charge in [-0.15, -0.1) is 0 Å². The van der Waals surface area contributed by atoms with Gasteiger partial charge in [0.25, 0.3) is 0 Å². The fraction of sp³-hybridized carbons (Fsp3) is 0.381. The van der Waals surface area contributed by atoms with Crippen molar-refractivity contribution in [2.45, 2.75) is 39.5 Å². The Morgan fingerprint density at radius 3 is 2.43 bits per heavy atom. The molecule has 0 unspecified atom stereocenters. The van der Waals surface area contributed by atoms with Crippen molar-refractivity contribution < 1.29 is 17.9 Å². The number of anilines is 2. The van der Waals surface area contributed by atoms with E-state index in [2.05, 4.69) is 10.0 Å². The summed E-state index contributed by atoms with van der Waals surface area (Å²) < 4.78 is 31.7. The normalized spacial score (nSPS) is 11.1. The van der Waals surface area contributed by atoms with Gasteiger partial charge in [0.05, 0.1) is 12.4 Å². The summed E-state index contributed by atoms with van der Waals surface area (Å²) in [6, 6.07) is 14.5. The Balaban J connectivity index is 1.68. The number of rotatable bonds is 11. The minimum Gasteiger partial charge on any atom is -0.494 e. The molecule has 0 radical (unpaired) electrons. The van der Waals surface area contributed by atoms with E-state index in [0.29, 0.717) is 30.8 Å². The molecule has 0 aliphatic carbocycles. The first-order valence-electron chi connectivity index (χ1n) is 9.48. The first-order chi connectivity index (χ1) is 13.4. The van der Waals surface area contributed by atoms with Crippen LogP contribution in [0.25, 0.3) is 0 Å². The number of aryl methyl sites for hydroxylation is 1. The number of carbonyl (C=O) groups is 1. The van der Waals surface area contributed by atoms with E-state index in [-0.39, 0.29) is 11.7 Å². The number of hydrogen-bond acceptors (Lipinski definition) is 4.